The Bertz CT molecular complexity index is 467. The number of ether oxygens (including phenoxy) is 2. The lowest BCUT2D eigenvalue weighted by Crippen LogP contribution is -2.25. The maximum Gasteiger partial charge on any atom is 0.262 e. The molecule has 0 saturated carbocycles. The zero-order chi connectivity index (χ0) is 11.3. The van der Waals surface area contributed by atoms with Crippen LogP contribution in [0.25, 0.3) is 0 Å². The first-order valence-electron chi connectivity index (χ1n) is 5.31. The summed E-state index contributed by atoms with van der Waals surface area (Å²) in [5.74, 6) is 0.613. The first-order valence-corrected chi connectivity index (χ1v) is 5.31. The van der Waals surface area contributed by atoms with Gasteiger partial charge < -0.3 is 14.8 Å². The number of hydrogen-bond donors (Lipinski definition) is 1. The van der Waals surface area contributed by atoms with Crippen LogP contribution in [-0.4, -0.2) is 18.1 Å². The van der Waals surface area contributed by atoms with Gasteiger partial charge in [0.25, 0.3) is 5.91 Å². The molecule has 4 heteroatoms. The van der Waals surface area contributed by atoms with Crippen LogP contribution in [-0.2, 0) is 9.53 Å². The van der Waals surface area contributed by atoms with Gasteiger partial charge in [-0.05, 0) is 31.5 Å². The number of hydrogen-bond acceptors (Lipinski definition) is 3. The summed E-state index contributed by atoms with van der Waals surface area (Å²) in [6, 6.07) is 5.78. The minimum atomic E-state index is -0.111. The van der Waals surface area contributed by atoms with Gasteiger partial charge in [0.2, 0.25) is 0 Å². The van der Waals surface area contributed by atoms with E-state index in [1.54, 1.807) is 0 Å². The van der Waals surface area contributed by atoms with E-state index in [0.29, 0.717) is 0 Å². The summed E-state index contributed by atoms with van der Waals surface area (Å²) in [5.41, 5.74) is 1.72. The highest BCUT2D eigenvalue weighted by atomic mass is 16.6. The molecule has 1 saturated heterocycles. The molecule has 0 aliphatic carbocycles. The number of carbonyl (C=O) groups is 1. The van der Waals surface area contributed by atoms with Crippen molar-refractivity contribution in [3.8, 4) is 5.75 Å². The molecule has 84 valence electrons. The van der Waals surface area contributed by atoms with Gasteiger partial charge in [-0.15, -0.1) is 0 Å². The quantitative estimate of drug-likeness (QED) is 0.733. The van der Waals surface area contributed by atoms with E-state index in [9.17, 15) is 4.79 Å². The SMILES string of the molecule is CC1(C)OC1c1ccc2c(c1)NC(=O)CO2. The summed E-state index contributed by atoms with van der Waals surface area (Å²) < 4.78 is 10.8. The molecule has 4 nitrogen and oxygen atoms in total. The molecule has 2 aliphatic rings. The largest absolute Gasteiger partial charge is 0.482 e. The Kier molecular flexibility index (Phi) is 1.80. The molecule has 0 aromatic heterocycles. The molecular formula is C12H13NO3. The molecule has 1 amide bonds. The van der Waals surface area contributed by atoms with Gasteiger partial charge in [0.05, 0.1) is 11.3 Å². The molecule has 2 aliphatic heterocycles. The molecule has 2 heterocycles. The molecule has 3 rings (SSSR count). The van der Waals surface area contributed by atoms with Crippen LogP contribution in [0.4, 0.5) is 5.69 Å². The zero-order valence-electron chi connectivity index (χ0n) is 9.24. The van der Waals surface area contributed by atoms with Crippen molar-refractivity contribution < 1.29 is 14.3 Å². The Labute approximate surface area is 93.5 Å². The molecule has 1 aromatic rings. The maximum absolute atomic E-state index is 11.2. The minimum Gasteiger partial charge on any atom is -0.482 e. The fraction of sp³-hybridized carbons (Fsp3) is 0.417. The molecule has 1 atom stereocenters. The van der Waals surface area contributed by atoms with Crippen molar-refractivity contribution in [3.05, 3.63) is 23.8 Å². The second-order valence-corrected chi connectivity index (χ2v) is 4.69. The van der Waals surface area contributed by atoms with Gasteiger partial charge in [-0.2, -0.15) is 0 Å². The number of rotatable bonds is 1. The smallest absolute Gasteiger partial charge is 0.262 e. The molecule has 0 spiro atoms. The first kappa shape index (κ1) is 9.66. The van der Waals surface area contributed by atoms with E-state index in [-0.39, 0.29) is 24.2 Å². The fourth-order valence-corrected chi connectivity index (χ4v) is 2.00. The van der Waals surface area contributed by atoms with Gasteiger partial charge in [0.1, 0.15) is 11.9 Å². The lowest BCUT2D eigenvalue weighted by Gasteiger charge is -2.18. The highest BCUT2D eigenvalue weighted by Gasteiger charge is 2.48. The average Bonchev–Trinajstić information content (AvgIpc) is 2.87. The first-order chi connectivity index (χ1) is 7.56. The zero-order valence-corrected chi connectivity index (χ0v) is 9.24. The number of fused-ring (bicyclic) bond motifs is 1. The second kappa shape index (κ2) is 2.98. The van der Waals surface area contributed by atoms with Crippen molar-refractivity contribution in [1.82, 2.24) is 0 Å². The Morgan fingerprint density at radius 2 is 2.19 bits per heavy atom. The van der Waals surface area contributed by atoms with Crippen LogP contribution in [0.5, 0.6) is 5.75 Å². The molecular weight excluding hydrogens is 206 g/mol. The lowest BCUT2D eigenvalue weighted by molar-refractivity contribution is -0.118. The van der Waals surface area contributed by atoms with Crippen LogP contribution in [0.2, 0.25) is 0 Å². The van der Waals surface area contributed by atoms with Gasteiger partial charge >= 0.3 is 0 Å². The minimum absolute atomic E-state index is 0.0895. The van der Waals surface area contributed by atoms with E-state index in [4.69, 9.17) is 9.47 Å². The van der Waals surface area contributed by atoms with Crippen LogP contribution >= 0.6 is 0 Å². The van der Waals surface area contributed by atoms with Crippen molar-refractivity contribution in [3.63, 3.8) is 0 Å². The Balaban J connectivity index is 1.93. The molecule has 0 radical (unpaired) electrons. The number of anilines is 1. The van der Waals surface area contributed by atoms with Crippen LogP contribution < -0.4 is 10.1 Å². The van der Waals surface area contributed by atoms with E-state index in [1.165, 1.54) is 0 Å². The Hall–Kier alpha value is -1.55. The topological polar surface area (TPSA) is 50.9 Å². The Morgan fingerprint density at radius 1 is 1.44 bits per heavy atom. The monoisotopic (exact) mass is 219 g/mol. The molecule has 1 fully saturated rings. The highest BCUT2D eigenvalue weighted by Crippen LogP contribution is 2.50. The standard InChI is InChI=1S/C12H13NO3/c1-12(2)11(16-12)7-3-4-9-8(5-7)13-10(14)6-15-9/h3-5,11H,6H2,1-2H3,(H,13,14). The molecule has 1 unspecified atom stereocenters. The molecule has 1 aromatic carbocycles. The van der Waals surface area contributed by atoms with E-state index in [2.05, 4.69) is 5.32 Å². The predicted octanol–water partition coefficient (Wildman–Crippen LogP) is 1.87. The molecule has 1 N–H and O–H groups in total. The summed E-state index contributed by atoms with van der Waals surface area (Å²) in [6.07, 6.45) is 0.122. The van der Waals surface area contributed by atoms with Gasteiger partial charge in [0, 0.05) is 0 Å². The number of epoxide rings is 1. The third-order valence-electron chi connectivity index (χ3n) is 2.94. The molecule has 16 heavy (non-hydrogen) atoms. The predicted molar refractivity (Wildman–Crippen MR) is 58.5 cm³/mol. The van der Waals surface area contributed by atoms with Crippen molar-refractivity contribution in [2.45, 2.75) is 25.6 Å². The van der Waals surface area contributed by atoms with E-state index >= 15 is 0 Å². The average molecular weight is 219 g/mol. The van der Waals surface area contributed by atoms with E-state index < -0.39 is 0 Å². The highest BCUT2D eigenvalue weighted by molar-refractivity contribution is 5.95. The van der Waals surface area contributed by atoms with E-state index in [1.807, 2.05) is 32.0 Å². The van der Waals surface area contributed by atoms with Crippen molar-refractivity contribution in [1.29, 1.82) is 0 Å². The van der Waals surface area contributed by atoms with Crippen molar-refractivity contribution >= 4 is 11.6 Å². The van der Waals surface area contributed by atoms with Gasteiger partial charge in [-0.1, -0.05) is 6.07 Å². The van der Waals surface area contributed by atoms with Gasteiger partial charge in [-0.3, -0.25) is 4.79 Å². The number of benzene rings is 1. The third kappa shape index (κ3) is 1.46. The molecule has 0 bridgehead atoms. The fourth-order valence-electron chi connectivity index (χ4n) is 2.00. The van der Waals surface area contributed by atoms with Crippen molar-refractivity contribution in [2.75, 3.05) is 11.9 Å². The number of carbonyl (C=O) groups excluding carboxylic acids is 1. The van der Waals surface area contributed by atoms with Crippen LogP contribution in [0.15, 0.2) is 18.2 Å². The normalized spacial score (nSPS) is 25.4. The van der Waals surface area contributed by atoms with Crippen LogP contribution in [0, 0.1) is 0 Å². The third-order valence-corrected chi connectivity index (χ3v) is 2.94. The van der Waals surface area contributed by atoms with Gasteiger partial charge in [0.15, 0.2) is 6.61 Å². The van der Waals surface area contributed by atoms with Crippen LogP contribution in [0.3, 0.4) is 0 Å². The lowest BCUT2D eigenvalue weighted by atomic mass is 10.0. The second-order valence-electron chi connectivity index (χ2n) is 4.69. The summed E-state index contributed by atoms with van der Waals surface area (Å²) in [4.78, 5) is 11.2. The van der Waals surface area contributed by atoms with E-state index in [0.717, 1.165) is 17.0 Å². The number of nitrogens with one attached hydrogen (secondary N) is 1. The maximum atomic E-state index is 11.2. The summed E-state index contributed by atoms with van der Waals surface area (Å²) in [5, 5.41) is 2.79. The summed E-state index contributed by atoms with van der Waals surface area (Å²) in [7, 11) is 0. The van der Waals surface area contributed by atoms with Crippen LogP contribution in [0.1, 0.15) is 25.5 Å². The van der Waals surface area contributed by atoms with Crippen molar-refractivity contribution in [2.24, 2.45) is 0 Å². The van der Waals surface area contributed by atoms with Gasteiger partial charge in [-0.25, -0.2) is 0 Å². The number of amides is 1. The summed E-state index contributed by atoms with van der Waals surface area (Å²) >= 11 is 0. The Morgan fingerprint density at radius 3 is 2.88 bits per heavy atom. The summed E-state index contributed by atoms with van der Waals surface area (Å²) in [6.45, 7) is 4.19.